The van der Waals surface area contributed by atoms with Crippen molar-refractivity contribution in [2.45, 2.75) is 6.10 Å². The van der Waals surface area contributed by atoms with Gasteiger partial charge in [-0.15, -0.1) is 0 Å². The number of β-amino-alcohol motifs (C(OH)–C–C–N with tert-alkyl or cyclic N) is 1. The third-order valence-corrected chi connectivity index (χ3v) is 5.33. The van der Waals surface area contributed by atoms with Gasteiger partial charge in [0.05, 0.1) is 0 Å². The number of halogens is 1. The Morgan fingerprint density at radius 2 is 1.90 bits per heavy atom. The zero-order valence-electron chi connectivity index (χ0n) is 18.1. The molecule has 0 bridgehead atoms. The normalized spacial score (nSPS) is 15.8. The van der Waals surface area contributed by atoms with Gasteiger partial charge in [-0.1, -0.05) is 29.8 Å². The van der Waals surface area contributed by atoms with Gasteiger partial charge in [-0.05, 0) is 30.3 Å². The van der Waals surface area contributed by atoms with E-state index in [2.05, 4.69) is 15.9 Å². The number of carbonyl (C=O) groups is 1. The van der Waals surface area contributed by atoms with E-state index in [9.17, 15) is 9.90 Å². The lowest BCUT2D eigenvalue weighted by molar-refractivity contribution is 0.0663. The van der Waals surface area contributed by atoms with Gasteiger partial charge in [-0.2, -0.15) is 0 Å². The van der Waals surface area contributed by atoms with Gasteiger partial charge in [0.1, 0.15) is 18.5 Å². The summed E-state index contributed by atoms with van der Waals surface area (Å²) in [6.45, 7) is 4.24. The minimum absolute atomic E-state index is 0.0859. The third-order valence-electron chi connectivity index (χ3n) is 5.10. The number of carbonyl (C=O) groups excluding carboxylic acids is 1. The SMILES string of the molecule is CN(C)C=CC(=O)c1cccc(OCC(O)CN2CCN(c3cccc(Cl)c3)CC2)c1. The molecule has 1 atom stereocenters. The molecule has 0 radical (unpaired) electrons. The summed E-state index contributed by atoms with van der Waals surface area (Å²) in [7, 11) is 3.73. The zero-order valence-corrected chi connectivity index (χ0v) is 18.8. The fourth-order valence-corrected chi connectivity index (χ4v) is 3.64. The molecule has 7 heteroatoms. The number of hydrogen-bond acceptors (Lipinski definition) is 6. The molecule has 1 heterocycles. The number of piperazine rings is 1. The first-order chi connectivity index (χ1) is 14.9. The van der Waals surface area contributed by atoms with Crippen molar-refractivity contribution in [3.63, 3.8) is 0 Å². The van der Waals surface area contributed by atoms with Crippen LogP contribution >= 0.6 is 11.6 Å². The Balaban J connectivity index is 1.44. The largest absolute Gasteiger partial charge is 0.491 e. The predicted molar refractivity (Wildman–Crippen MR) is 125 cm³/mol. The minimum atomic E-state index is -0.606. The number of nitrogens with zero attached hydrogens (tertiary/aromatic N) is 3. The van der Waals surface area contributed by atoms with Crippen LogP contribution in [0.25, 0.3) is 0 Å². The lowest BCUT2D eigenvalue weighted by atomic mass is 10.1. The number of ether oxygens (including phenoxy) is 1. The van der Waals surface area contributed by atoms with E-state index in [1.165, 1.54) is 6.08 Å². The molecule has 1 aliphatic rings. The Labute approximate surface area is 189 Å². The summed E-state index contributed by atoms with van der Waals surface area (Å²) < 4.78 is 5.74. The number of aliphatic hydroxyl groups excluding tert-OH is 1. The Bertz CT molecular complexity index is 895. The van der Waals surface area contributed by atoms with Crippen LogP contribution in [0.2, 0.25) is 5.02 Å². The van der Waals surface area contributed by atoms with E-state index in [4.69, 9.17) is 16.3 Å². The van der Waals surface area contributed by atoms with Gasteiger partial charge >= 0.3 is 0 Å². The maximum atomic E-state index is 12.2. The van der Waals surface area contributed by atoms with Crippen molar-refractivity contribution in [1.82, 2.24) is 9.80 Å². The van der Waals surface area contributed by atoms with E-state index in [1.807, 2.05) is 37.2 Å². The highest BCUT2D eigenvalue weighted by molar-refractivity contribution is 6.30. The summed E-state index contributed by atoms with van der Waals surface area (Å²) in [4.78, 5) is 18.6. The highest BCUT2D eigenvalue weighted by Crippen LogP contribution is 2.21. The van der Waals surface area contributed by atoms with Crippen molar-refractivity contribution in [3.05, 3.63) is 71.4 Å². The van der Waals surface area contributed by atoms with Crippen LogP contribution in [-0.2, 0) is 0 Å². The van der Waals surface area contributed by atoms with Gasteiger partial charge in [0, 0.05) is 75.4 Å². The Hall–Kier alpha value is -2.54. The minimum Gasteiger partial charge on any atom is -0.491 e. The van der Waals surface area contributed by atoms with Gasteiger partial charge in [-0.25, -0.2) is 0 Å². The summed E-state index contributed by atoms with van der Waals surface area (Å²) in [6.07, 6.45) is 2.63. The number of allylic oxidation sites excluding steroid dienone is 1. The number of rotatable bonds is 9. The number of anilines is 1. The standard InChI is InChI=1S/C24H30ClN3O3/c1-26(2)10-9-24(30)19-5-3-8-23(15-19)31-18-22(29)17-27-11-13-28(14-12-27)21-7-4-6-20(25)16-21/h3-10,15-16,22,29H,11-14,17-18H2,1-2H3. The highest BCUT2D eigenvalue weighted by atomic mass is 35.5. The summed E-state index contributed by atoms with van der Waals surface area (Å²) in [6, 6.07) is 14.9. The molecular formula is C24H30ClN3O3. The monoisotopic (exact) mass is 443 g/mol. The van der Waals surface area contributed by atoms with Crippen LogP contribution in [0, 0.1) is 0 Å². The first kappa shape index (κ1) is 23.1. The van der Waals surface area contributed by atoms with E-state index >= 15 is 0 Å². The molecule has 1 saturated heterocycles. The van der Waals surface area contributed by atoms with E-state index in [0.29, 0.717) is 17.9 Å². The summed E-state index contributed by atoms with van der Waals surface area (Å²) >= 11 is 6.09. The van der Waals surface area contributed by atoms with Crippen molar-refractivity contribution < 1.29 is 14.6 Å². The molecule has 0 amide bonds. The average molecular weight is 444 g/mol. The maximum Gasteiger partial charge on any atom is 0.187 e. The van der Waals surface area contributed by atoms with Gasteiger partial charge < -0.3 is 19.6 Å². The van der Waals surface area contributed by atoms with Crippen LogP contribution in [0.15, 0.2) is 60.8 Å². The summed E-state index contributed by atoms with van der Waals surface area (Å²) in [5.74, 6) is 0.492. The summed E-state index contributed by atoms with van der Waals surface area (Å²) in [5.41, 5.74) is 1.69. The molecule has 31 heavy (non-hydrogen) atoms. The maximum absolute atomic E-state index is 12.2. The number of ketones is 1. The first-order valence-corrected chi connectivity index (χ1v) is 10.8. The van der Waals surface area contributed by atoms with Crippen LogP contribution in [0.5, 0.6) is 5.75 Å². The van der Waals surface area contributed by atoms with E-state index < -0.39 is 6.10 Å². The zero-order chi connectivity index (χ0) is 22.2. The second-order valence-electron chi connectivity index (χ2n) is 7.90. The molecule has 0 aliphatic carbocycles. The Morgan fingerprint density at radius 3 is 2.61 bits per heavy atom. The lowest BCUT2D eigenvalue weighted by Crippen LogP contribution is -2.49. The van der Waals surface area contributed by atoms with E-state index in [-0.39, 0.29) is 12.4 Å². The lowest BCUT2D eigenvalue weighted by Gasteiger charge is -2.36. The molecule has 1 unspecified atom stereocenters. The van der Waals surface area contributed by atoms with Crippen molar-refractivity contribution in [3.8, 4) is 5.75 Å². The predicted octanol–water partition coefficient (Wildman–Crippen LogP) is 3.16. The van der Waals surface area contributed by atoms with Crippen LogP contribution in [0.1, 0.15) is 10.4 Å². The van der Waals surface area contributed by atoms with E-state index in [1.54, 1.807) is 30.5 Å². The average Bonchev–Trinajstić information content (AvgIpc) is 2.77. The molecule has 0 spiro atoms. The van der Waals surface area contributed by atoms with Crippen molar-refractivity contribution in [2.75, 3.05) is 58.3 Å². The topological polar surface area (TPSA) is 56.3 Å². The highest BCUT2D eigenvalue weighted by Gasteiger charge is 2.20. The fourth-order valence-electron chi connectivity index (χ4n) is 3.46. The van der Waals surface area contributed by atoms with Crippen molar-refractivity contribution >= 4 is 23.1 Å². The Kier molecular flexibility index (Phi) is 8.35. The van der Waals surface area contributed by atoms with Crippen molar-refractivity contribution in [2.24, 2.45) is 0 Å². The van der Waals surface area contributed by atoms with Crippen LogP contribution in [0.4, 0.5) is 5.69 Å². The van der Waals surface area contributed by atoms with Gasteiger partial charge in [0.15, 0.2) is 5.78 Å². The molecule has 2 aromatic rings. The third kappa shape index (κ3) is 7.28. The van der Waals surface area contributed by atoms with Crippen LogP contribution in [-0.4, -0.2) is 80.2 Å². The fraction of sp³-hybridized carbons (Fsp3) is 0.375. The second-order valence-corrected chi connectivity index (χ2v) is 8.34. The smallest absolute Gasteiger partial charge is 0.187 e. The van der Waals surface area contributed by atoms with Crippen molar-refractivity contribution in [1.29, 1.82) is 0 Å². The molecule has 1 aliphatic heterocycles. The number of hydrogen-bond donors (Lipinski definition) is 1. The molecular weight excluding hydrogens is 414 g/mol. The van der Waals surface area contributed by atoms with Crippen LogP contribution < -0.4 is 9.64 Å². The van der Waals surface area contributed by atoms with Gasteiger partial charge in [-0.3, -0.25) is 9.69 Å². The molecule has 1 N–H and O–H groups in total. The summed E-state index contributed by atoms with van der Waals surface area (Å²) in [5, 5.41) is 11.2. The molecule has 6 nitrogen and oxygen atoms in total. The molecule has 0 aromatic heterocycles. The molecule has 166 valence electrons. The number of benzene rings is 2. The Morgan fingerprint density at radius 1 is 1.16 bits per heavy atom. The quantitative estimate of drug-likeness (QED) is 0.474. The number of aliphatic hydroxyl groups is 1. The second kappa shape index (κ2) is 11.2. The molecule has 2 aromatic carbocycles. The first-order valence-electron chi connectivity index (χ1n) is 10.4. The van der Waals surface area contributed by atoms with Crippen LogP contribution in [0.3, 0.4) is 0 Å². The molecule has 3 rings (SSSR count). The molecule has 0 saturated carbocycles. The van der Waals surface area contributed by atoms with Gasteiger partial charge in [0.2, 0.25) is 0 Å². The van der Waals surface area contributed by atoms with E-state index in [0.717, 1.165) is 36.9 Å². The molecule has 1 fully saturated rings. The van der Waals surface area contributed by atoms with Gasteiger partial charge in [0.25, 0.3) is 0 Å².